The second-order valence-corrected chi connectivity index (χ2v) is 16.4. The second-order valence-electron chi connectivity index (χ2n) is 16.4. The van der Waals surface area contributed by atoms with Gasteiger partial charge in [0, 0.05) is 60.1 Å². The largest absolute Gasteiger partial charge is 0.361 e. The summed E-state index contributed by atoms with van der Waals surface area (Å²) in [5.74, 6) is -2.82. The molecule has 15 heteroatoms. The molecule has 8 N–H and O–H groups in total. The number of hydrogen-bond acceptors (Lipinski definition) is 7. The highest BCUT2D eigenvalue weighted by Gasteiger charge is 2.47. The zero-order chi connectivity index (χ0) is 40.4. The predicted octanol–water partition coefficient (Wildman–Crippen LogP) is 2.05. The van der Waals surface area contributed by atoms with Gasteiger partial charge >= 0.3 is 0 Å². The van der Waals surface area contributed by atoms with E-state index >= 15 is 0 Å². The van der Waals surface area contributed by atoms with Gasteiger partial charge in [-0.2, -0.15) is 0 Å². The van der Waals surface area contributed by atoms with Crippen molar-refractivity contribution in [2.45, 2.75) is 113 Å². The van der Waals surface area contributed by atoms with E-state index in [0.29, 0.717) is 70.9 Å². The van der Waals surface area contributed by atoms with Gasteiger partial charge in [0.25, 0.3) is 0 Å². The van der Waals surface area contributed by atoms with Crippen molar-refractivity contribution >= 4 is 57.2 Å². The van der Waals surface area contributed by atoms with Gasteiger partial charge in [-0.25, -0.2) is 0 Å². The third-order valence-corrected chi connectivity index (χ3v) is 12.7. The van der Waals surface area contributed by atoms with Crippen LogP contribution in [0.4, 0.5) is 0 Å². The van der Waals surface area contributed by atoms with Gasteiger partial charge in [0.05, 0.1) is 0 Å². The Balaban J connectivity index is 1.18. The van der Waals surface area contributed by atoms with Gasteiger partial charge in [-0.05, 0) is 81.2 Å². The maximum Gasteiger partial charge on any atom is 0.246 e. The van der Waals surface area contributed by atoms with E-state index in [4.69, 9.17) is 5.73 Å². The molecule has 4 aliphatic rings. The summed E-state index contributed by atoms with van der Waals surface area (Å²) in [6, 6.07) is 10.4. The Labute approximate surface area is 336 Å². The first-order chi connectivity index (χ1) is 28.2. The summed E-state index contributed by atoms with van der Waals surface area (Å²) in [5.41, 5.74) is 7.98. The van der Waals surface area contributed by atoms with Crippen LogP contribution in [0.2, 0.25) is 0 Å². The summed E-state index contributed by atoms with van der Waals surface area (Å²) in [6.45, 7) is 0.726. The smallest absolute Gasteiger partial charge is 0.246 e. The third-order valence-electron chi connectivity index (χ3n) is 12.7. The number of amides is 6. The quantitative estimate of drug-likeness (QED) is 0.154. The second kappa shape index (κ2) is 16.6. The molecule has 5 atom stereocenters. The van der Waals surface area contributed by atoms with Crippen LogP contribution in [0.3, 0.4) is 0 Å². The molecule has 58 heavy (non-hydrogen) atoms. The van der Waals surface area contributed by atoms with Crippen molar-refractivity contribution in [1.29, 1.82) is 0 Å². The molecule has 15 nitrogen and oxygen atoms in total. The molecule has 306 valence electrons. The first-order valence-electron chi connectivity index (χ1n) is 20.8. The Morgan fingerprint density at radius 1 is 0.603 bits per heavy atom. The standard InChI is InChI=1S/C43H53N9O6/c44-19-16-32-40(56)52-21-9-15-36(52)41(57)51-20-8-5-14-35(51)39(55)48-34(23-27-25-46-31-13-4-2-11-29(27)31)38(54)50-43(17-6-7-18-43)42(58)49-33(37(53)47-32)22-26-24-45-30-12-3-1-10-28(26)30/h1-4,10-13,24-25,32-36,45-46H,5-9,14-23,44H2,(H,47,53)(H,48,55)(H,49,58)(H,50,54)/t32-,33-,34-,35+,36+/m0/s1. The molecule has 3 aliphatic heterocycles. The lowest BCUT2D eigenvalue weighted by molar-refractivity contribution is -0.151. The average Bonchev–Trinajstić information content (AvgIpc) is 4.07. The fourth-order valence-electron chi connectivity index (χ4n) is 9.58. The number of carbonyl (C=O) groups is 6. The van der Waals surface area contributed by atoms with Crippen molar-refractivity contribution in [1.82, 2.24) is 41.0 Å². The minimum atomic E-state index is -1.37. The van der Waals surface area contributed by atoms with Crippen LogP contribution in [0.5, 0.6) is 0 Å². The van der Waals surface area contributed by atoms with Crippen molar-refractivity contribution in [2.75, 3.05) is 19.6 Å². The highest BCUT2D eigenvalue weighted by atomic mass is 16.2. The minimum absolute atomic E-state index is 0.0891. The van der Waals surface area contributed by atoms with Crippen LogP contribution in [0.1, 0.15) is 75.3 Å². The molecule has 1 spiro atoms. The Bertz CT molecular complexity index is 2210. The number of aromatic amines is 2. The normalized spacial score (nSPS) is 26.2. The lowest BCUT2D eigenvalue weighted by Gasteiger charge is -2.39. The highest BCUT2D eigenvalue weighted by Crippen LogP contribution is 2.32. The Morgan fingerprint density at radius 3 is 1.83 bits per heavy atom. The lowest BCUT2D eigenvalue weighted by Crippen LogP contribution is -2.65. The maximum atomic E-state index is 14.7. The van der Waals surface area contributed by atoms with E-state index in [2.05, 4.69) is 31.2 Å². The molecule has 4 aromatic rings. The molecule has 2 aromatic heterocycles. The van der Waals surface area contributed by atoms with E-state index in [1.165, 1.54) is 4.90 Å². The number of rotatable bonds is 6. The van der Waals surface area contributed by atoms with E-state index < -0.39 is 65.3 Å². The number of nitrogens with zero attached hydrogens (tertiary/aromatic N) is 2. The lowest BCUT2D eigenvalue weighted by atomic mass is 9.93. The van der Waals surface area contributed by atoms with Crippen molar-refractivity contribution in [3.05, 3.63) is 72.1 Å². The third kappa shape index (κ3) is 7.66. The fourth-order valence-corrected chi connectivity index (χ4v) is 9.58. The number of nitrogens with one attached hydrogen (secondary N) is 6. The first-order valence-corrected chi connectivity index (χ1v) is 20.8. The van der Waals surface area contributed by atoms with E-state index in [9.17, 15) is 28.8 Å². The number of para-hydroxylation sites is 2. The van der Waals surface area contributed by atoms with Crippen molar-refractivity contribution in [2.24, 2.45) is 5.73 Å². The molecule has 0 bridgehead atoms. The average molecular weight is 792 g/mol. The number of carbonyl (C=O) groups excluding carboxylic acids is 6. The van der Waals surface area contributed by atoms with Crippen molar-refractivity contribution < 1.29 is 28.8 Å². The van der Waals surface area contributed by atoms with Gasteiger partial charge < -0.3 is 46.8 Å². The predicted molar refractivity (Wildman–Crippen MR) is 217 cm³/mol. The number of H-pyrrole nitrogens is 2. The number of nitrogens with two attached hydrogens (primary N) is 1. The molecule has 5 heterocycles. The van der Waals surface area contributed by atoms with E-state index in [1.54, 1.807) is 11.1 Å². The molecule has 2 aromatic carbocycles. The van der Waals surface area contributed by atoms with E-state index in [1.807, 2.05) is 54.7 Å². The van der Waals surface area contributed by atoms with Gasteiger partial charge in [-0.15, -0.1) is 0 Å². The van der Waals surface area contributed by atoms with E-state index in [0.717, 1.165) is 32.9 Å². The number of hydrogen-bond donors (Lipinski definition) is 7. The van der Waals surface area contributed by atoms with Crippen LogP contribution in [0, 0.1) is 0 Å². The molecule has 4 fully saturated rings. The molecular formula is C43H53N9O6. The van der Waals surface area contributed by atoms with E-state index in [-0.39, 0.29) is 31.7 Å². The van der Waals surface area contributed by atoms with Gasteiger partial charge in [0.15, 0.2) is 0 Å². The number of aromatic nitrogens is 2. The summed E-state index contributed by atoms with van der Waals surface area (Å²) in [6.07, 6.45) is 8.72. The van der Waals surface area contributed by atoms with Crippen LogP contribution >= 0.6 is 0 Å². The fraction of sp³-hybridized carbons (Fsp3) is 0.488. The first kappa shape index (κ1) is 39.1. The van der Waals surface area contributed by atoms with Gasteiger partial charge in [-0.1, -0.05) is 49.2 Å². The zero-order valence-corrected chi connectivity index (χ0v) is 32.7. The summed E-state index contributed by atoms with van der Waals surface area (Å²) in [4.78, 5) is 96.7. The summed E-state index contributed by atoms with van der Waals surface area (Å²) < 4.78 is 0. The van der Waals surface area contributed by atoms with Crippen LogP contribution in [-0.4, -0.2) is 111 Å². The molecule has 3 saturated heterocycles. The van der Waals surface area contributed by atoms with Gasteiger partial charge in [0.2, 0.25) is 35.4 Å². The number of fused-ring (bicyclic) bond motifs is 4. The monoisotopic (exact) mass is 791 g/mol. The molecule has 6 amide bonds. The van der Waals surface area contributed by atoms with Gasteiger partial charge in [0.1, 0.15) is 35.7 Å². The summed E-state index contributed by atoms with van der Waals surface area (Å²) in [7, 11) is 0. The summed E-state index contributed by atoms with van der Waals surface area (Å²) >= 11 is 0. The van der Waals surface area contributed by atoms with Crippen LogP contribution < -0.4 is 27.0 Å². The molecule has 0 radical (unpaired) electrons. The summed E-state index contributed by atoms with van der Waals surface area (Å²) in [5, 5.41) is 13.8. The Hall–Kier alpha value is -5.70. The molecule has 1 saturated carbocycles. The van der Waals surface area contributed by atoms with Crippen LogP contribution in [0.15, 0.2) is 60.9 Å². The van der Waals surface area contributed by atoms with Crippen LogP contribution in [0.25, 0.3) is 21.8 Å². The molecule has 0 unspecified atom stereocenters. The Kier molecular flexibility index (Phi) is 11.2. The highest BCUT2D eigenvalue weighted by molar-refractivity contribution is 6.00. The molecule has 8 rings (SSSR count). The molecular weight excluding hydrogens is 739 g/mol. The van der Waals surface area contributed by atoms with Crippen molar-refractivity contribution in [3.63, 3.8) is 0 Å². The maximum absolute atomic E-state index is 14.7. The van der Waals surface area contributed by atoms with Crippen molar-refractivity contribution in [3.8, 4) is 0 Å². The minimum Gasteiger partial charge on any atom is -0.361 e. The molecule has 1 aliphatic carbocycles. The number of benzene rings is 2. The van der Waals surface area contributed by atoms with Gasteiger partial charge in [-0.3, -0.25) is 28.8 Å². The Morgan fingerprint density at radius 2 is 1.17 bits per heavy atom. The zero-order valence-electron chi connectivity index (χ0n) is 32.7. The van der Waals surface area contributed by atoms with Crippen LogP contribution in [-0.2, 0) is 41.6 Å². The SMILES string of the molecule is NCC[C@@H]1NC(=O)[C@H](Cc2c[nH]c3ccccc23)NC(=O)C2(CCCC2)NC(=O)[C@H](Cc2c[nH]c3ccccc23)NC(=O)[C@H]2CCCCN2C(=O)[C@H]2CCCN2C1=O. The topological polar surface area (TPSA) is 215 Å². The number of piperidine rings is 1.